The highest BCUT2D eigenvalue weighted by Crippen LogP contribution is 2.68. The second-order valence-electron chi connectivity index (χ2n) is 20.1. The normalized spacial score (nSPS) is 18.0. The van der Waals surface area contributed by atoms with Crippen molar-refractivity contribution in [3.63, 3.8) is 0 Å². The van der Waals surface area contributed by atoms with Gasteiger partial charge in [-0.05, 0) is 107 Å². The summed E-state index contributed by atoms with van der Waals surface area (Å²) >= 11 is 0. The average Bonchev–Trinajstić information content (AvgIpc) is 3.16. The number of benzene rings is 5. The summed E-state index contributed by atoms with van der Waals surface area (Å²) in [5.74, 6) is 1.79. The summed E-state index contributed by atoms with van der Waals surface area (Å²) in [6.45, 7) is 32.5. The van der Waals surface area contributed by atoms with E-state index in [1.165, 1.54) is 72.1 Å². The lowest BCUT2D eigenvalue weighted by Crippen LogP contribution is -2.26. The van der Waals surface area contributed by atoms with E-state index in [1.807, 2.05) is 0 Å². The first-order chi connectivity index (χ1) is 26.8. The molecule has 57 heavy (non-hydrogen) atoms. The molecule has 300 valence electrons. The van der Waals surface area contributed by atoms with E-state index in [4.69, 9.17) is 0 Å². The van der Waals surface area contributed by atoms with Crippen LogP contribution in [0.3, 0.4) is 0 Å². The minimum Gasteiger partial charge on any atom is -0.300 e. The molecule has 0 amide bonds. The Kier molecular flexibility index (Phi) is 12.6. The maximum atomic E-state index is 14.4. The lowest BCUT2D eigenvalue weighted by atomic mass is 9.82. The summed E-state index contributed by atoms with van der Waals surface area (Å²) in [4.78, 5) is 14.4. The molecule has 0 N–H and O–H groups in total. The van der Waals surface area contributed by atoms with Gasteiger partial charge >= 0.3 is 0 Å². The summed E-state index contributed by atoms with van der Waals surface area (Å²) < 4.78 is 0. The van der Waals surface area contributed by atoms with Crippen molar-refractivity contribution >= 4 is 19.0 Å². The Labute approximate surface area is 347 Å². The van der Waals surface area contributed by atoms with Crippen LogP contribution < -0.4 is 5.30 Å². The van der Waals surface area contributed by atoms with Crippen LogP contribution in [0, 0.1) is 0 Å². The molecule has 1 aliphatic rings. The maximum Gasteiger partial charge on any atom is 0.134 e. The number of Topliss-reactive ketones (excluding diaryl/α,β-unsaturated/α-hetero) is 1. The van der Waals surface area contributed by atoms with E-state index in [0.29, 0.717) is 42.3 Å². The van der Waals surface area contributed by atoms with Crippen molar-refractivity contribution in [3.05, 3.63) is 148 Å². The fourth-order valence-electron chi connectivity index (χ4n) is 9.16. The van der Waals surface area contributed by atoms with E-state index in [1.54, 1.807) is 0 Å². The van der Waals surface area contributed by atoms with E-state index in [0.717, 1.165) is 0 Å². The Morgan fingerprint density at radius 2 is 0.754 bits per heavy atom. The van der Waals surface area contributed by atoms with Gasteiger partial charge in [-0.1, -0.05) is 208 Å². The molecule has 5 aromatic carbocycles. The van der Waals surface area contributed by atoms with E-state index in [-0.39, 0.29) is 22.1 Å². The molecule has 1 fully saturated rings. The van der Waals surface area contributed by atoms with Crippen molar-refractivity contribution in [2.24, 2.45) is 0 Å². The Balaban J connectivity index is 1.80. The second kappa shape index (κ2) is 16.8. The zero-order valence-electron chi connectivity index (χ0n) is 37.5. The fourth-order valence-corrected chi connectivity index (χ4v) is 12.9. The number of rotatable bonds is 9. The second-order valence-corrected chi connectivity index (χ2v) is 22.6. The number of carbonyl (C=O) groups excluding carboxylic acids is 1. The summed E-state index contributed by atoms with van der Waals surface area (Å²) in [5.41, 5.74) is 16.6. The van der Waals surface area contributed by atoms with Gasteiger partial charge in [-0.2, -0.15) is 0 Å². The smallest absolute Gasteiger partial charge is 0.134 e. The van der Waals surface area contributed by atoms with Crippen LogP contribution in [0.5, 0.6) is 0 Å². The number of hydrogen-bond acceptors (Lipinski definition) is 1. The zero-order valence-corrected chi connectivity index (χ0v) is 38.4. The summed E-state index contributed by atoms with van der Waals surface area (Å²) in [7, 11) is -0.985. The van der Waals surface area contributed by atoms with E-state index in [2.05, 4.69) is 200 Å². The van der Waals surface area contributed by atoms with Crippen LogP contribution in [0.25, 0.3) is 22.3 Å². The summed E-state index contributed by atoms with van der Waals surface area (Å²) in [5, 5.41) is 1.47. The van der Waals surface area contributed by atoms with Gasteiger partial charge < -0.3 is 0 Å². The average molecular weight is 777 g/mol. The molecular formula is C55H69OP. The predicted molar refractivity (Wildman–Crippen MR) is 250 cm³/mol. The minimum atomic E-state index is -0.985. The topological polar surface area (TPSA) is 17.1 Å². The molecule has 2 atom stereocenters. The standard InChI is InChI=1S/C55H69OP/c1-34(2)43-18-15-19-44(35(3)4)51(43)47-22-17-23-48(52-45(36(5)6)20-16-21-46(52)37(7)8)53(47)57-49(38-24-28-40(29-25-38)54(9,10)11)32-42(56)33-50(57)39-26-30-41(31-27-39)55(12,13)14/h15-31,34-37,49-50H,32-33H2,1-14H3. The molecule has 6 rings (SSSR count). The van der Waals surface area contributed by atoms with Crippen LogP contribution >= 0.6 is 7.92 Å². The van der Waals surface area contributed by atoms with Crippen molar-refractivity contribution in [1.82, 2.24) is 0 Å². The zero-order chi connectivity index (χ0) is 41.6. The van der Waals surface area contributed by atoms with Gasteiger partial charge in [-0.25, -0.2) is 0 Å². The van der Waals surface area contributed by atoms with E-state index >= 15 is 0 Å². The number of ketones is 1. The van der Waals surface area contributed by atoms with E-state index in [9.17, 15) is 4.79 Å². The van der Waals surface area contributed by atoms with Crippen LogP contribution in [0.1, 0.15) is 189 Å². The van der Waals surface area contributed by atoms with Crippen LogP contribution in [0.4, 0.5) is 0 Å². The van der Waals surface area contributed by atoms with Crippen LogP contribution in [-0.2, 0) is 15.6 Å². The van der Waals surface area contributed by atoms with Crippen molar-refractivity contribution < 1.29 is 4.79 Å². The Morgan fingerprint density at radius 1 is 0.456 bits per heavy atom. The first-order valence-corrected chi connectivity index (χ1v) is 23.2. The minimum absolute atomic E-state index is 0.0460. The van der Waals surface area contributed by atoms with Gasteiger partial charge in [0.15, 0.2) is 0 Å². The van der Waals surface area contributed by atoms with Crippen molar-refractivity contribution in [1.29, 1.82) is 0 Å². The largest absolute Gasteiger partial charge is 0.300 e. The molecule has 2 heteroatoms. The van der Waals surface area contributed by atoms with Gasteiger partial charge in [0.05, 0.1) is 0 Å². The lowest BCUT2D eigenvalue weighted by molar-refractivity contribution is -0.119. The maximum absolute atomic E-state index is 14.4. The molecule has 0 bridgehead atoms. The summed E-state index contributed by atoms with van der Waals surface area (Å²) in [6, 6.07) is 40.0. The highest BCUT2D eigenvalue weighted by Gasteiger charge is 2.42. The van der Waals surface area contributed by atoms with Gasteiger partial charge in [-0.3, -0.25) is 4.79 Å². The molecule has 0 aliphatic carbocycles. The predicted octanol–water partition coefficient (Wildman–Crippen LogP) is 16.1. The van der Waals surface area contributed by atoms with Gasteiger partial charge in [-0.15, -0.1) is 0 Å². The molecule has 5 aromatic rings. The van der Waals surface area contributed by atoms with Crippen LogP contribution in [0.15, 0.2) is 103 Å². The molecule has 0 radical (unpaired) electrons. The van der Waals surface area contributed by atoms with Crippen molar-refractivity contribution in [3.8, 4) is 22.3 Å². The SMILES string of the molecule is CC(C)c1cccc(C(C)C)c1-c1cccc(-c2c(C(C)C)cccc2C(C)C)c1P1C(c2ccc(C(C)(C)C)cc2)CC(=O)CC1c1ccc(C(C)(C)C)cc1. The highest BCUT2D eigenvalue weighted by molar-refractivity contribution is 7.67. The van der Waals surface area contributed by atoms with Gasteiger partial charge in [0, 0.05) is 24.2 Å². The Morgan fingerprint density at radius 3 is 1.04 bits per heavy atom. The first-order valence-electron chi connectivity index (χ1n) is 21.7. The third-order valence-corrected chi connectivity index (χ3v) is 15.7. The molecule has 0 saturated carbocycles. The Hall–Kier alpha value is -3.80. The Bertz CT molecular complexity index is 1980. The van der Waals surface area contributed by atoms with Gasteiger partial charge in [0.1, 0.15) is 5.78 Å². The van der Waals surface area contributed by atoms with Crippen molar-refractivity contribution in [2.75, 3.05) is 0 Å². The molecule has 1 heterocycles. The van der Waals surface area contributed by atoms with Gasteiger partial charge in [0.25, 0.3) is 0 Å². The first kappa shape index (κ1) is 42.8. The summed E-state index contributed by atoms with van der Waals surface area (Å²) in [6.07, 6.45) is 1.13. The molecule has 0 spiro atoms. The molecule has 1 saturated heterocycles. The molecule has 1 aliphatic heterocycles. The third kappa shape index (κ3) is 8.81. The highest BCUT2D eigenvalue weighted by atomic mass is 31.1. The van der Waals surface area contributed by atoms with Crippen LogP contribution in [-0.4, -0.2) is 5.78 Å². The number of carbonyl (C=O) groups is 1. The van der Waals surface area contributed by atoms with Crippen molar-refractivity contribution in [2.45, 2.75) is 156 Å². The molecule has 1 nitrogen and oxygen atoms in total. The molecular weight excluding hydrogens is 708 g/mol. The van der Waals surface area contributed by atoms with E-state index < -0.39 is 7.92 Å². The lowest BCUT2D eigenvalue weighted by Gasteiger charge is -2.42. The number of hydrogen-bond donors (Lipinski definition) is 0. The monoisotopic (exact) mass is 777 g/mol. The molecule has 0 aromatic heterocycles. The fraction of sp³-hybridized carbons (Fsp3) is 0.436. The quantitative estimate of drug-likeness (QED) is 0.136. The van der Waals surface area contributed by atoms with Crippen LogP contribution in [0.2, 0.25) is 0 Å². The molecule has 2 unspecified atom stereocenters. The third-order valence-electron chi connectivity index (χ3n) is 12.4. The van der Waals surface area contributed by atoms with Gasteiger partial charge in [0.2, 0.25) is 0 Å².